The summed E-state index contributed by atoms with van der Waals surface area (Å²) in [7, 11) is -3.42. The van der Waals surface area contributed by atoms with Crippen LogP contribution in [0.25, 0.3) is 0 Å². The zero-order valence-corrected chi connectivity index (χ0v) is 9.87. The van der Waals surface area contributed by atoms with Crippen molar-refractivity contribution in [2.45, 2.75) is 36.8 Å². The summed E-state index contributed by atoms with van der Waals surface area (Å²) in [6.07, 6.45) is 0.654. The fourth-order valence-electron chi connectivity index (χ4n) is 1.69. The van der Waals surface area contributed by atoms with Crippen LogP contribution in [0, 0.1) is 6.92 Å². The Morgan fingerprint density at radius 1 is 1.25 bits per heavy atom. The van der Waals surface area contributed by atoms with Crippen LogP contribution in [0.4, 0.5) is 0 Å². The molecular formula is C11H15NO3S. The molecular weight excluding hydrogens is 226 g/mol. The highest BCUT2D eigenvalue weighted by atomic mass is 32.2. The molecule has 0 bridgehead atoms. The van der Waals surface area contributed by atoms with E-state index in [9.17, 15) is 8.42 Å². The van der Waals surface area contributed by atoms with Gasteiger partial charge in [0.15, 0.2) is 0 Å². The highest BCUT2D eigenvalue weighted by Gasteiger charge is 2.31. The van der Waals surface area contributed by atoms with E-state index >= 15 is 0 Å². The molecule has 0 radical (unpaired) electrons. The van der Waals surface area contributed by atoms with Crippen molar-refractivity contribution >= 4 is 10.0 Å². The van der Waals surface area contributed by atoms with Crippen molar-refractivity contribution in [2.24, 2.45) is 0 Å². The summed E-state index contributed by atoms with van der Waals surface area (Å²) in [5.74, 6) is 0. The SMILES string of the molecule is Cc1ccc(S(=O)(=O)NC2CC(O)C2)cc1. The standard InChI is InChI=1S/C11H15NO3S/c1-8-2-4-11(5-3-8)16(14,15)12-9-6-10(13)7-9/h2-5,9-10,12-13H,6-7H2,1H3. The first kappa shape index (κ1) is 11.6. The monoisotopic (exact) mass is 241 g/mol. The molecule has 5 heteroatoms. The van der Waals surface area contributed by atoms with E-state index < -0.39 is 10.0 Å². The Hall–Kier alpha value is -0.910. The second-order valence-corrected chi connectivity index (χ2v) is 5.97. The molecule has 0 aliphatic heterocycles. The first-order valence-electron chi connectivity index (χ1n) is 5.24. The smallest absolute Gasteiger partial charge is 0.240 e. The number of aliphatic hydroxyl groups is 1. The highest BCUT2D eigenvalue weighted by Crippen LogP contribution is 2.22. The summed E-state index contributed by atoms with van der Waals surface area (Å²) in [5.41, 5.74) is 1.03. The van der Waals surface area contributed by atoms with Crippen molar-refractivity contribution in [3.63, 3.8) is 0 Å². The third kappa shape index (κ3) is 2.42. The maximum Gasteiger partial charge on any atom is 0.240 e. The van der Waals surface area contributed by atoms with Gasteiger partial charge in [0, 0.05) is 6.04 Å². The Morgan fingerprint density at radius 2 is 1.81 bits per heavy atom. The van der Waals surface area contributed by atoms with Crippen LogP contribution in [0.2, 0.25) is 0 Å². The number of nitrogens with one attached hydrogen (secondary N) is 1. The van der Waals surface area contributed by atoms with Crippen LogP contribution in [0.3, 0.4) is 0 Å². The number of hydrogen-bond donors (Lipinski definition) is 2. The Labute approximate surface area is 95.4 Å². The van der Waals surface area contributed by atoms with E-state index in [0.717, 1.165) is 5.56 Å². The molecule has 0 atom stereocenters. The highest BCUT2D eigenvalue weighted by molar-refractivity contribution is 7.89. The summed E-state index contributed by atoms with van der Waals surface area (Å²) < 4.78 is 26.3. The molecule has 4 nitrogen and oxygen atoms in total. The quantitative estimate of drug-likeness (QED) is 0.822. The van der Waals surface area contributed by atoms with Crippen molar-refractivity contribution in [2.75, 3.05) is 0 Å². The Balaban J connectivity index is 2.10. The summed E-state index contributed by atoms with van der Waals surface area (Å²) in [6, 6.07) is 6.59. The second-order valence-electron chi connectivity index (χ2n) is 4.26. The summed E-state index contributed by atoms with van der Waals surface area (Å²) in [4.78, 5) is 0.277. The number of aryl methyl sites for hydroxylation is 1. The van der Waals surface area contributed by atoms with E-state index in [2.05, 4.69) is 4.72 Å². The van der Waals surface area contributed by atoms with E-state index in [0.29, 0.717) is 12.8 Å². The van der Waals surface area contributed by atoms with Gasteiger partial charge in [-0.25, -0.2) is 13.1 Å². The van der Waals surface area contributed by atoms with Gasteiger partial charge in [0.2, 0.25) is 10.0 Å². The van der Waals surface area contributed by atoms with Crippen molar-refractivity contribution in [3.8, 4) is 0 Å². The van der Waals surface area contributed by atoms with Gasteiger partial charge < -0.3 is 5.11 Å². The van der Waals surface area contributed by atoms with Crippen LogP contribution in [0.15, 0.2) is 29.2 Å². The third-order valence-electron chi connectivity index (χ3n) is 2.77. The molecule has 2 rings (SSSR count). The van der Waals surface area contributed by atoms with Gasteiger partial charge in [0.05, 0.1) is 11.0 Å². The maximum absolute atomic E-state index is 11.9. The Kier molecular flexibility index (Phi) is 3.01. The van der Waals surface area contributed by atoms with Crippen LogP contribution in [0.1, 0.15) is 18.4 Å². The predicted molar refractivity (Wildman–Crippen MR) is 60.5 cm³/mol. The normalized spacial score (nSPS) is 25.1. The van der Waals surface area contributed by atoms with Gasteiger partial charge in [-0.3, -0.25) is 0 Å². The fraction of sp³-hybridized carbons (Fsp3) is 0.455. The van der Waals surface area contributed by atoms with Crippen molar-refractivity contribution in [3.05, 3.63) is 29.8 Å². The largest absolute Gasteiger partial charge is 0.393 e. The molecule has 0 aromatic heterocycles. The molecule has 0 saturated heterocycles. The number of sulfonamides is 1. The van der Waals surface area contributed by atoms with Gasteiger partial charge in [-0.2, -0.15) is 0 Å². The predicted octanol–water partition coefficient (Wildman–Crippen LogP) is 0.797. The van der Waals surface area contributed by atoms with Gasteiger partial charge in [-0.1, -0.05) is 17.7 Å². The molecule has 1 saturated carbocycles. The van der Waals surface area contributed by atoms with Crippen LogP contribution in [0.5, 0.6) is 0 Å². The van der Waals surface area contributed by atoms with Gasteiger partial charge in [-0.15, -0.1) is 0 Å². The average molecular weight is 241 g/mol. The van der Waals surface area contributed by atoms with E-state index in [1.165, 1.54) is 0 Å². The van der Waals surface area contributed by atoms with Gasteiger partial charge in [0.1, 0.15) is 0 Å². The van der Waals surface area contributed by atoms with Crippen LogP contribution >= 0.6 is 0 Å². The van der Waals surface area contributed by atoms with Crippen LogP contribution in [-0.2, 0) is 10.0 Å². The molecule has 1 aromatic rings. The molecule has 0 unspecified atom stereocenters. The van der Waals surface area contributed by atoms with Crippen molar-refractivity contribution in [1.29, 1.82) is 0 Å². The first-order chi connectivity index (χ1) is 7.47. The van der Waals surface area contributed by atoms with E-state index in [4.69, 9.17) is 5.11 Å². The second kappa shape index (κ2) is 4.16. The topological polar surface area (TPSA) is 66.4 Å². The zero-order chi connectivity index (χ0) is 11.8. The van der Waals surface area contributed by atoms with E-state index in [1.54, 1.807) is 24.3 Å². The average Bonchev–Trinajstić information content (AvgIpc) is 2.15. The number of rotatable bonds is 3. The van der Waals surface area contributed by atoms with Crippen LogP contribution in [-0.4, -0.2) is 25.7 Å². The lowest BCUT2D eigenvalue weighted by atomic mass is 9.91. The minimum atomic E-state index is -3.42. The molecule has 1 aromatic carbocycles. The fourth-order valence-corrected chi connectivity index (χ4v) is 2.95. The molecule has 88 valence electrons. The Bertz CT molecular complexity index is 461. The summed E-state index contributed by atoms with van der Waals surface area (Å²) in [6.45, 7) is 1.91. The molecule has 16 heavy (non-hydrogen) atoms. The molecule has 1 fully saturated rings. The number of benzene rings is 1. The Morgan fingerprint density at radius 3 is 2.31 bits per heavy atom. The van der Waals surface area contributed by atoms with E-state index in [1.807, 2.05) is 6.92 Å². The molecule has 1 aliphatic rings. The number of aliphatic hydroxyl groups excluding tert-OH is 1. The summed E-state index contributed by atoms with van der Waals surface area (Å²) in [5, 5.41) is 9.09. The lowest BCUT2D eigenvalue weighted by Gasteiger charge is -2.31. The van der Waals surface area contributed by atoms with E-state index in [-0.39, 0.29) is 17.0 Å². The zero-order valence-electron chi connectivity index (χ0n) is 9.05. The minimum Gasteiger partial charge on any atom is -0.393 e. The summed E-state index contributed by atoms with van der Waals surface area (Å²) >= 11 is 0. The molecule has 0 amide bonds. The minimum absolute atomic E-state index is 0.124. The molecule has 0 heterocycles. The lowest BCUT2D eigenvalue weighted by Crippen LogP contribution is -2.46. The molecule has 0 spiro atoms. The third-order valence-corrected chi connectivity index (χ3v) is 4.30. The van der Waals surface area contributed by atoms with Crippen LogP contribution < -0.4 is 4.72 Å². The maximum atomic E-state index is 11.9. The molecule has 1 aliphatic carbocycles. The molecule has 2 N–H and O–H groups in total. The lowest BCUT2D eigenvalue weighted by molar-refractivity contribution is 0.0712. The van der Waals surface area contributed by atoms with Gasteiger partial charge in [0.25, 0.3) is 0 Å². The first-order valence-corrected chi connectivity index (χ1v) is 6.73. The van der Waals surface area contributed by atoms with Gasteiger partial charge >= 0.3 is 0 Å². The van der Waals surface area contributed by atoms with Gasteiger partial charge in [-0.05, 0) is 31.9 Å². The number of hydrogen-bond acceptors (Lipinski definition) is 3. The van der Waals surface area contributed by atoms with Crippen molar-refractivity contribution in [1.82, 2.24) is 4.72 Å². The van der Waals surface area contributed by atoms with Crippen molar-refractivity contribution < 1.29 is 13.5 Å².